The molecule has 3 nitrogen and oxygen atoms in total. The summed E-state index contributed by atoms with van der Waals surface area (Å²) >= 11 is 6.88. The fourth-order valence-corrected chi connectivity index (χ4v) is 2.53. The van der Waals surface area contributed by atoms with Crippen molar-refractivity contribution in [3.05, 3.63) is 27.1 Å². The van der Waals surface area contributed by atoms with Crippen molar-refractivity contribution in [1.82, 2.24) is 0 Å². The number of benzene rings is 1. The molecule has 1 aromatic carbocycles. The van der Waals surface area contributed by atoms with Crippen LogP contribution in [0.2, 0.25) is 0 Å². The molecule has 1 aromatic rings. The summed E-state index contributed by atoms with van der Waals surface area (Å²) in [4.78, 5) is 11.9. The van der Waals surface area contributed by atoms with E-state index >= 15 is 0 Å². The standard InChI is InChI=1S/C13H17Br2NO2/c1-8(12(17)18-13(2,3)4)16-11-9(14)6-5-7-10(11)15/h5-8,16H,1-4H3. The molecule has 1 atom stereocenters. The minimum Gasteiger partial charge on any atom is -0.458 e. The zero-order chi connectivity index (χ0) is 13.9. The van der Waals surface area contributed by atoms with E-state index in [1.165, 1.54) is 0 Å². The lowest BCUT2D eigenvalue weighted by molar-refractivity contribution is -0.155. The lowest BCUT2D eigenvalue weighted by Crippen LogP contribution is -2.34. The number of esters is 1. The average molecular weight is 379 g/mol. The number of ether oxygens (including phenoxy) is 1. The van der Waals surface area contributed by atoms with Crippen LogP contribution in [-0.4, -0.2) is 17.6 Å². The van der Waals surface area contributed by atoms with Gasteiger partial charge in [0.15, 0.2) is 0 Å². The summed E-state index contributed by atoms with van der Waals surface area (Å²) in [6.45, 7) is 7.34. The SMILES string of the molecule is CC(Nc1c(Br)cccc1Br)C(=O)OC(C)(C)C. The maximum atomic E-state index is 11.9. The van der Waals surface area contributed by atoms with E-state index in [-0.39, 0.29) is 5.97 Å². The fourth-order valence-electron chi connectivity index (χ4n) is 1.30. The zero-order valence-corrected chi connectivity index (χ0v) is 14.1. The lowest BCUT2D eigenvalue weighted by atomic mass is 10.2. The Morgan fingerprint density at radius 2 is 1.78 bits per heavy atom. The Morgan fingerprint density at radius 3 is 2.22 bits per heavy atom. The van der Waals surface area contributed by atoms with Crippen LogP contribution in [0.4, 0.5) is 5.69 Å². The van der Waals surface area contributed by atoms with Crippen LogP contribution in [0.25, 0.3) is 0 Å². The van der Waals surface area contributed by atoms with E-state index in [2.05, 4.69) is 37.2 Å². The van der Waals surface area contributed by atoms with Crippen molar-refractivity contribution >= 4 is 43.5 Å². The Morgan fingerprint density at radius 1 is 1.28 bits per heavy atom. The highest BCUT2D eigenvalue weighted by molar-refractivity contribution is 9.11. The molecule has 0 aliphatic heterocycles. The van der Waals surface area contributed by atoms with E-state index in [1.54, 1.807) is 6.92 Å². The number of hydrogen-bond donors (Lipinski definition) is 1. The van der Waals surface area contributed by atoms with Crippen LogP contribution in [-0.2, 0) is 9.53 Å². The fraction of sp³-hybridized carbons (Fsp3) is 0.462. The highest BCUT2D eigenvalue weighted by Crippen LogP contribution is 2.31. The van der Waals surface area contributed by atoms with Crippen molar-refractivity contribution in [3.63, 3.8) is 0 Å². The van der Waals surface area contributed by atoms with Crippen LogP contribution >= 0.6 is 31.9 Å². The average Bonchev–Trinajstić information content (AvgIpc) is 2.21. The molecule has 18 heavy (non-hydrogen) atoms. The quantitative estimate of drug-likeness (QED) is 0.794. The molecule has 0 aliphatic rings. The van der Waals surface area contributed by atoms with Crippen LogP contribution < -0.4 is 5.32 Å². The highest BCUT2D eigenvalue weighted by Gasteiger charge is 2.22. The first-order valence-corrected chi connectivity index (χ1v) is 7.23. The summed E-state index contributed by atoms with van der Waals surface area (Å²) in [5, 5.41) is 3.13. The predicted molar refractivity (Wildman–Crippen MR) is 80.8 cm³/mol. The first-order valence-electron chi connectivity index (χ1n) is 5.64. The molecule has 0 saturated carbocycles. The normalized spacial score (nSPS) is 13.0. The summed E-state index contributed by atoms with van der Waals surface area (Å²) in [6, 6.07) is 5.32. The molecule has 0 fully saturated rings. The van der Waals surface area contributed by atoms with E-state index in [4.69, 9.17) is 4.74 Å². The van der Waals surface area contributed by atoms with Crippen molar-refractivity contribution in [2.24, 2.45) is 0 Å². The molecule has 0 heterocycles. The van der Waals surface area contributed by atoms with E-state index in [0.29, 0.717) is 0 Å². The maximum absolute atomic E-state index is 11.9. The van der Waals surface area contributed by atoms with Crippen molar-refractivity contribution in [3.8, 4) is 0 Å². The number of para-hydroxylation sites is 1. The maximum Gasteiger partial charge on any atom is 0.328 e. The van der Waals surface area contributed by atoms with Gasteiger partial charge in [-0.05, 0) is 71.7 Å². The third kappa shape index (κ3) is 4.61. The molecule has 0 saturated heterocycles. The van der Waals surface area contributed by atoms with E-state index in [1.807, 2.05) is 39.0 Å². The molecule has 1 N–H and O–H groups in total. The number of halogens is 2. The largest absolute Gasteiger partial charge is 0.458 e. The second-order valence-corrected chi connectivity index (χ2v) is 6.70. The van der Waals surface area contributed by atoms with Gasteiger partial charge in [0.25, 0.3) is 0 Å². The van der Waals surface area contributed by atoms with E-state index in [0.717, 1.165) is 14.6 Å². The van der Waals surface area contributed by atoms with Crippen LogP contribution in [0.15, 0.2) is 27.1 Å². The Balaban J connectivity index is 2.76. The first-order chi connectivity index (χ1) is 8.20. The van der Waals surface area contributed by atoms with Gasteiger partial charge >= 0.3 is 5.97 Å². The third-order valence-corrected chi connectivity index (χ3v) is 3.41. The molecule has 0 amide bonds. The number of carbonyl (C=O) groups excluding carboxylic acids is 1. The van der Waals surface area contributed by atoms with Gasteiger partial charge in [-0.3, -0.25) is 0 Å². The number of hydrogen-bond acceptors (Lipinski definition) is 3. The Hall–Kier alpha value is -0.550. The summed E-state index contributed by atoms with van der Waals surface area (Å²) in [7, 11) is 0. The molecule has 0 bridgehead atoms. The van der Waals surface area contributed by atoms with E-state index < -0.39 is 11.6 Å². The van der Waals surface area contributed by atoms with Crippen molar-refractivity contribution in [2.45, 2.75) is 39.3 Å². The van der Waals surface area contributed by atoms with Gasteiger partial charge in [-0.2, -0.15) is 0 Å². The third-order valence-electron chi connectivity index (χ3n) is 2.08. The van der Waals surface area contributed by atoms with Crippen molar-refractivity contribution in [1.29, 1.82) is 0 Å². The number of nitrogens with one attached hydrogen (secondary N) is 1. The second-order valence-electron chi connectivity index (χ2n) is 5.00. The minimum atomic E-state index is -0.474. The van der Waals surface area contributed by atoms with Crippen LogP contribution in [0, 0.1) is 0 Å². The summed E-state index contributed by atoms with van der Waals surface area (Å²) in [6.07, 6.45) is 0. The first kappa shape index (κ1) is 15.5. The molecule has 0 radical (unpaired) electrons. The predicted octanol–water partition coefficient (Wildman–Crippen LogP) is 4.35. The van der Waals surface area contributed by atoms with Crippen molar-refractivity contribution < 1.29 is 9.53 Å². The van der Waals surface area contributed by atoms with Gasteiger partial charge in [-0.25, -0.2) is 4.79 Å². The van der Waals surface area contributed by atoms with Crippen molar-refractivity contribution in [2.75, 3.05) is 5.32 Å². The van der Waals surface area contributed by atoms with Gasteiger partial charge in [0.1, 0.15) is 11.6 Å². The Kier molecular flexibility index (Phi) is 5.22. The van der Waals surface area contributed by atoms with E-state index in [9.17, 15) is 4.79 Å². The lowest BCUT2D eigenvalue weighted by Gasteiger charge is -2.23. The molecule has 100 valence electrons. The molecule has 0 spiro atoms. The highest BCUT2D eigenvalue weighted by atomic mass is 79.9. The summed E-state index contributed by atoms with van der Waals surface area (Å²) in [5.41, 5.74) is 0.369. The molecule has 0 aromatic heterocycles. The Labute approximate surface area is 125 Å². The molecule has 1 unspecified atom stereocenters. The van der Waals surface area contributed by atoms with Gasteiger partial charge in [-0.1, -0.05) is 6.07 Å². The minimum absolute atomic E-state index is 0.273. The van der Waals surface area contributed by atoms with Gasteiger partial charge in [0, 0.05) is 8.95 Å². The molecule has 0 aliphatic carbocycles. The van der Waals surface area contributed by atoms with Gasteiger partial charge in [-0.15, -0.1) is 0 Å². The topological polar surface area (TPSA) is 38.3 Å². The van der Waals surface area contributed by atoms with Crippen LogP contribution in [0.5, 0.6) is 0 Å². The van der Waals surface area contributed by atoms with Gasteiger partial charge < -0.3 is 10.1 Å². The molecular weight excluding hydrogens is 362 g/mol. The molecule has 1 rings (SSSR count). The van der Waals surface area contributed by atoms with Gasteiger partial charge in [0.05, 0.1) is 5.69 Å². The summed E-state index contributed by atoms with van der Waals surface area (Å²) < 4.78 is 7.11. The molecular formula is C13H17Br2NO2. The summed E-state index contributed by atoms with van der Waals surface area (Å²) in [5.74, 6) is -0.273. The number of rotatable bonds is 3. The zero-order valence-electron chi connectivity index (χ0n) is 10.9. The smallest absolute Gasteiger partial charge is 0.328 e. The monoisotopic (exact) mass is 377 g/mol. The van der Waals surface area contributed by atoms with Gasteiger partial charge in [0.2, 0.25) is 0 Å². The number of anilines is 1. The molecule has 5 heteroatoms. The Bertz CT molecular complexity index is 421. The second kappa shape index (κ2) is 6.06. The van der Waals surface area contributed by atoms with Crippen LogP contribution in [0.1, 0.15) is 27.7 Å². The van der Waals surface area contributed by atoms with Crippen LogP contribution in [0.3, 0.4) is 0 Å². The number of carbonyl (C=O) groups is 1.